The lowest BCUT2D eigenvalue weighted by Gasteiger charge is -2.14. The van der Waals surface area contributed by atoms with Gasteiger partial charge in [0.25, 0.3) is 0 Å². The molecule has 0 fully saturated rings. The Morgan fingerprint density at radius 1 is 1.00 bits per heavy atom. The number of thiazole rings is 1. The third-order valence-corrected chi connectivity index (χ3v) is 4.30. The van der Waals surface area contributed by atoms with Crippen LogP contribution in [0.4, 0.5) is 0 Å². The van der Waals surface area contributed by atoms with E-state index in [9.17, 15) is 0 Å². The zero-order valence-electron chi connectivity index (χ0n) is 11.5. The van der Waals surface area contributed by atoms with Crippen molar-refractivity contribution in [1.29, 1.82) is 0 Å². The fraction of sp³-hybridized carbons (Fsp3) is 0.800. The van der Waals surface area contributed by atoms with E-state index < -0.39 is 0 Å². The fourth-order valence-corrected chi connectivity index (χ4v) is 3.10. The summed E-state index contributed by atoms with van der Waals surface area (Å²) in [5, 5.41) is 3.49. The number of rotatable bonds is 10. The van der Waals surface area contributed by atoms with Gasteiger partial charge in [-0.1, -0.05) is 58.8 Å². The van der Waals surface area contributed by atoms with E-state index in [1.807, 2.05) is 17.5 Å². The second kappa shape index (κ2) is 9.64. The molecule has 0 spiro atoms. The van der Waals surface area contributed by atoms with E-state index in [-0.39, 0.29) is 0 Å². The maximum absolute atomic E-state index is 4.51. The van der Waals surface area contributed by atoms with Crippen LogP contribution < -0.4 is 0 Å². The van der Waals surface area contributed by atoms with Crippen LogP contribution >= 0.6 is 11.3 Å². The van der Waals surface area contributed by atoms with E-state index in [4.69, 9.17) is 0 Å². The summed E-state index contributed by atoms with van der Waals surface area (Å²) < 4.78 is 0. The van der Waals surface area contributed by atoms with E-state index >= 15 is 0 Å². The van der Waals surface area contributed by atoms with Crippen molar-refractivity contribution in [3.8, 4) is 0 Å². The molecule has 1 aromatic heterocycles. The Hall–Kier alpha value is -0.370. The van der Waals surface area contributed by atoms with Crippen molar-refractivity contribution >= 4 is 11.3 Å². The van der Waals surface area contributed by atoms with E-state index in [2.05, 4.69) is 24.2 Å². The molecule has 0 bridgehead atoms. The van der Waals surface area contributed by atoms with E-state index in [1.165, 1.54) is 62.8 Å². The molecule has 0 aromatic carbocycles. The smallest absolute Gasteiger partial charge is 0.0955 e. The second-order valence-corrected chi connectivity index (χ2v) is 5.84. The molecule has 0 aliphatic carbocycles. The Balaban J connectivity index is 2.31. The van der Waals surface area contributed by atoms with Gasteiger partial charge in [0.1, 0.15) is 0 Å². The van der Waals surface area contributed by atoms with Gasteiger partial charge in [0.15, 0.2) is 0 Å². The van der Waals surface area contributed by atoms with Crippen LogP contribution in [0.1, 0.15) is 82.6 Å². The van der Waals surface area contributed by atoms with Crippen LogP contribution in [0.25, 0.3) is 0 Å². The minimum absolute atomic E-state index is 0.735. The molecule has 1 nitrogen and oxygen atoms in total. The Labute approximate surface area is 111 Å². The second-order valence-electron chi connectivity index (χ2n) is 4.91. The van der Waals surface area contributed by atoms with Gasteiger partial charge in [-0.3, -0.25) is 0 Å². The summed E-state index contributed by atoms with van der Waals surface area (Å²) in [7, 11) is 0. The first-order valence-corrected chi connectivity index (χ1v) is 8.15. The zero-order chi connectivity index (χ0) is 12.3. The summed E-state index contributed by atoms with van der Waals surface area (Å²) in [6.45, 7) is 4.55. The van der Waals surface area contributed by atoms with Crippen molar-refractivity contribution in [3.63, 3.8) is 0 Å². The quantitative estimate of drug-likeness (QED) is 0.482. The molecule has 1 atom stereocenters. The van der Waals surface area contributed by atoms with Crippen molar-refractivity contribution in [1.82, 2.24) is 4.98 Å². The van der Waals surface area contributed by atoms with Gasteiger partial charge in [0, 0.05) is 17.5 Å². The topological polar surface area (TPSA) is 12.9 Å². The van der Waals surface area contributed by atoms with E-state index in [0.29, 0.717) is 0 Å². The van der Waals surface area contributed by atoms with Crippen LogP contribution in [-0.2, 0) is 0 Å². The molecule has 1 rings (SSSR count). The monoisotopic (exact) mass is 253 g/mol. The zero-order valence-corrected chi connectivity index (χ0v) is 12.3. The highest BCUT2D eigenvalue weighted by molar-refractivity contribution is 7.09. The summed E-state index contributed by atoms with van der Waals surface area (Å²) in [5.74, 6) is 0.735. The third kappa shape index (κ3) is 6.21. The minimum Gasteiger partial charge on any atom is -0.249 e. The average molecular weight is 253 g/mol. The van der Waals surface area contributed by atoms with Crippen LogP contribution in [0.3, 0.4) is 0 Å². The molecule has 98 valence electrons. The highest BCUT2D eigenvalue weighted by Gasteiger charge is 2.13. The normalized spacial score (nSPS) is 12.8. The molecule has 2 heteroatoms. The molecule has 17 heavy (non-hydrogen) atoms. The first-order valence-electron chi connectivity index (χ1n) is 7.27. The summed E-state index contributed by atoms with van der Waals surface area (Å²) in [6, 6.07) is 0. The first-order chi connectivity index (χ1) is 8.38. The van der Waals surface area contributed by atoms with Crippen LogP contribution in [0.5, 0.6) is 0 Å². The number of aromatic nitrogens is 1. The largest absolute Gasteiger partial charge is 0.249 e. The maximum atomic E-state index is 4.51. The van der Waals surface area contributed by atoms with Gasteiger partial charge in [-0.25, -0.2) is 4.98 Å². The predicted octanol–water partition coefficient (Wildman–Crippen LogP) is 5.78. The number of unbranched alkanes of at least 4 members (excludes halogenated alkanes) is 5. The molecule has 0 saturated heterocycles. The Kier molecular flexibility index (Phi) is 8.33. The van der Waals surface area contributed by atoms with Crippen LogP contribution in [0.2, 0.25) is 0 Å². The molecule has 0 radical (unpaired) electrons. The fourth-order valence-electron chi connectivity index (χ4n) is 2.29. The van der Waals surface area contributed by atoms with Crippen LogP contribution in [0, 0.1) is 0 Å². The lowest BCUT2D eigenvalue weighted by atomic mass is 9.95. The number of hydrogen-bond donors (Lipinski definition) is 0. The van der Waals surface area contributed by atoms with Crippen molar-refractivity contribution in [2.45, 2.75) is 77.6 Å². The molecule has 0 aliphatic heterocycles. The third-order valence-electron chi connectivity index (χ3n) is 3.36. The van der Waals surface area contributed by atoms with Crippen LogP contribution in [-0.4, -0.2) is 4.98 Å². The van der Waals surface area contributed by atoms with E-state index in [0.717, 1.165) is 5.92 Å². The standard InChI is InChI=1S/C15H27NS/c1-3-5-7-9-11-14(10-8-6-4-2)15-16-12-13-17-15/h12-14H,3-11H2,1-2H3. The lowest BCUT2D eigenvalue weighted by molar-refractivity contribution is 0.500. The molecule has 1 heterocycles. The molecule has 1 aromatic rings. The Morgan fingerprint density at radius 2 is 1.65 bits per heavy atom. The summed E-state index contributed by atoms with van der Waals surface area (Å²) in [4.78, 5) is 4.51. The Bertz CT molecular complexity index is 256. The van der Waals surface area contributed by atoms with Crippen molar-refractivity contribution in [2.75, 3.05) is 0 Å². The SMILES string of the molecule is CCCCCCC(CCCCC)c1nccs1. The highest BCUT2D eigenvalue weighted by atomic mass is 32.1. The Morgan fingerprint density at radius 3 is 2.24 bits per heavy atom. The number of nitrogens with zero attached hydrogens (tertiary/aromatic N) is 1. The van der Waals surface area contributed by atoms with Gasteiger partial charge in [0.2, 0.25) is 0 Å². The van der Waals surface area contributed by atoms with Crippen molar-refractivity contribution < 1.29 is 0 Å². The predicted molar refractivity (Wildman–Crippen MR) is 77.8 cm³/mol. The summed E-state index contributed by atoms with van der Waals surface area (Å²) in [6.07, 6.45) is 14.2. The minimum atomic E-state index is 0.735. The van der Waals surface area contributed by atoms with Crippen molar-refractivity contribution in [3.05, 3.63) is 16.6 Å². The van der Waals surface area contributed by atoms with Gasteiger partial charge in [-0.05, 0) is 12.8 Å². The van der Waals surface area contributed by atoms with Gasteiger partial charge >= 0.3 is 0 Å². The first kappa shape index (κ1) is 14.7. The van der Waals surface area contributed by atoms with Gasteiger partial charge < -0.3 is 0 Å². The molecule has 0 N–H and O–H groups in total. The van der Waals surface area contributed by atoms with Gasteiger partial charge in [-0.2, -0.15) is 0 Å². The summed E-state index contributed by atoms with van der Waals surface area (Å²) >= 11 is 1.84. The molecule has 0 aliphatic rings. The molecule has 1 unspecified atom stereocenters. The van der Waals surface area contributed by atoms with Gasteiger partial charge in [-0.15, -0.1) is 11.3 Å². The van der Waals surface area contributed by atoms with E-state index in [1.54, 1.807) is 0 Å². The number of hydrogen-bond acceptors (Lipinski definition) is 2. The maximum Gasteiger partial charge on any atom is 0.0955 e. The molecular weight excluding hydrogens is 226 g/mol. The lowest BCUT2D eigenvalue weighted by Crippen LogP contribution is -1.99. The molecule has 0 saturated carbocycles. The average Bonchev–Trinajstić information content (AvgIpc) is 2.86. The summed E-state index contributed by atoms with van der Waals surface area (Å²) in [5.41, 5.74) is 0. The van der Waals surface area contributed by atoms with Crippen LogP contribution in [0.15, 0.2) is 11.6 Å². The van der Waals surface area contributed by atoms with Gasteiger partial charge in [0.05, 0.1) is 5.01 Å². The molecular formula is C15H27NS. The van der Waals surface area contributed by atoms with Crippen molar-refractivity contribution in [2.24, 2.45) is 0 Å². The highest BCUT2D eigenvalue weighted by Crippen LogP contribution is 2.29. The molecule has 0 amide bonds.